The largest absolute Gasteiger partial charge is 0.456 e. The number of carbonyl (C=O) groups is 2. The molecule has 4 aromatic rings. The van der Waals surface area contributed by atoms with Crippen LogP contribution in [0.2, 0.25) is 0 Å². The Balaban J connectivity index is 1.41. The van der Waals surface area contributed by atoms with Crippen molar-refractivity contribution >= 4 is 51.0 Å². The van der Waals surface area contributed by atoms with E-state index in [2.05, 4.69) is 9.97 Å². The molecule has 2 heterocycles. The molecule has 0 radical (unpaired) electrons. The highest BCUT2D eigenvalue weighted by molar-refractivity contribution is 7.14. The average Bonchev–Trinajstić information content (AvgIpc) is 3.26. The van der Waals surface area contributed by atoms with Crippen molar-refractivity contribution in [2.75, 3.05) is 4.90 Å². The number of ether oxygens (including phenoxy) is 1. The molecule has 0 N–H and O–H groups in total. The third-order valence-electron chi connectivity index (χ3n) is 5.01. The number of aromatic nitrogens is 2. The zero-order valence-corrected chi connectivity index (χ0v) is 19.4. The molecule has 0 unspecified atom stereocenters. The molecule has 2 aromatic carbocycles. The van der Waals surface area contributed by atoms with E-state index in [9.17, 15) is 9.59 Å². The molecule has 0 aliphatic rings. The summed E-state index contributed by atoms with van der Waals surface area (Å²) in [5, 5.41) is 3.37. The van der Waals surface area contributed by atoms with Crippen molar-refractivity contribution in [1.82, 2.24) is 9.97 Å². The average molecular weight is 458 g/mol. The molecular formula is C26H23N3O3S. The smallest absolute Gasteiger partial charge is 0.331 e. The molecular weight excluding hydrogens is 434 g/mol. The van der Waals surface area contributed by atoms with Gasteiger partial charge in [0.2, 0.25) is 5.91 Å². The first-order valence-corrected chi connectivity index (χ1v) is 11.3. The minimum absolute atomic E-state index is 0.0173. The van der Waals surface area contributed by atoms with E-state index in [1.165, 1.54) is 24.3 Å². The number of rotatable bonds is 6. The molecule has 0 spiro atoms. The van der Waals surface area contributed by atoms with Gasteiger partial charge in [-0.05, 0) is 43.7 Å². The fraction of sp³-hybridized carbons (Fsp3) is 0.154. The number of aryl methyl sites for hydroxylation is 2. The molecule has 33 heavy (non-hydrogen) atoms. The topological polar surface area (TPSA) is 72.4 Å². The number of para-hydroxylation sites is 1. The highest BCUT2D eigenvalue weighted by Gasteiger charge is 2.20. The Morgan fingerprint density at radius 2 is 1.88 bits per heavy atom. The second-order valence-electron chi connectivity index (χ2n) is 7.64. The van der Waals surface area contributed by atoms with Gasteiger partial charge in [-0.2, -0.15) is 0 Å². The molecule has 0 aliphatic heterocycles. The van der Waals surface area contributed by atoms with E-state index in [1.54, 1.807) is 16.4 Å². The summed E-state index contributed by atoms with van der Waals surface area (Å²) < 4.78 is 5.32. The predicted octanol–water partition coefficient (Wildman–Crippen LogP) is 5.75. The van der Waals surface area contributed by atoms with Gasteiger partial charge < -0.3 is 4.74 Å². The Kier molecular flexibility index (Phi) is 6.60. The number of benzene rings is 2. The maximum absolute atomic E-state index is 12.4. The van der Waals surface area contributed by atoms with Gasteiger partial charge in [0.05, 0.1) is 22.6 Å². The Hall–Kier alpha value is -3.84. The third kappa shape index (κ3) is 5.32. The van der Waals surface area contributed by atoms with Gasteiger partial charge in [0.1, 0.15) is 6.61 Å². The molecule has 0 saturated carbocycles. The quantitative estimate of drug-likeness (QED) is 0.272. The Morgan fingerprint density at radius 3 is 2.67 bits per heavy atom. The Labute approximate surface area is 196 Å². The molecule has 0 saturated heterocycles. The van der Waals surface area contributed by atoms with E-state index < -0.39 is 5.97 Å². The van der Waals surface area contributed by atoms with Gasteiger partial charge in [-0.3, -0.25) is 9.69 Å². The number of fused-ring (bicyclic) bond motifs is 1. The van der Waals surface area contributed by atoms with E-state index in [-0.39, 0.29) is 12.5 Å². The maximum atomic E-state index is 12.4. The van der Waals surface area contributed by atoms with Crippen molar-refractivity contribution < 1.29 is 14.3 Å². The van der Waals surface area contributed by atoms with Crippen LogP contribution in [0.15, 0.2) is 66.1 Å². The minimum Gasteiger partial charge on any atom is -0.456 e. The van der Waals surface area contributed by atoms with Crippen LogP contribution >= 0.6 is 11.3 Å². The summed E-state index contributed by atoms with van der Waals surface area (Å²) in [6.45, 7) is 5.50. The van der Waals surface area contributed by atoms with E-state index in [0.29, 0.717) is 16.5 Å². The molecule has 0 fully saturated rings. The molecule has 7 heteroatoms. The second kappa shape index (κ2) is 9.75. The van der Waals surface area contributed by atoms with Crippen LogP contribution in [0.3, 0.4) is 0 Å². The van der Waals surface area contributed by atoms with Crippen LogP contribution < -0.4 is 4.90 Å². The summed E-state index contributed by atoms with van der Waals surface area (Å²) in [4.78, 5) is 35.1. The van der Waals surface area contributed by atoms with Crippen molar-refractivity contribution in [3.63, 3.8) is 0 Å². The summed E-state index contributed by atoms with van der Waals surface area (Å²) in [6, 6.07) is 17.5. The summed E-state index contributed by atoms with van der Waals surface area (Å²) in [7, 11) is 0. The van der Waals surface area contributed by atoms with Crippen LogP contribution in [-0.4, -0.2) is 21.8 Å². The summed E-state index contributed by atoms with van der Waals surface area (Å²) in [5.41, 5.74) is 5.02. The van der Waals surface area contributed by atoms with Gasteiger partial charge >= 0.3 is 5.97 Å². The van der Waals surface area contributed by atoms with Crippen LogP contribution in [0.25, 0.3) is 17.0 Å². The SMILES string of the molecule is CC(=O)N(c1nc(COC(=O)/C=C/c2ccc3ccccc3n2)cs1)c1ccc(C)cc1C. The normalized spacial score (nSPS) is 11.1. The zero-order chi connectivity index (χ0) is 23.4. The number of esters is 1. The zero-order valence-electron chi connectivity index (χ0n) is 18.6. The minimum atomic E-state index is -0.489. The van der Waals surface area contributed by atoms with Gasteiger partial charge in [0.25, 0.3) is 0 Å². The number of hydrogen-bond donors (Lipinski definition) is 0. The van der Waals surface area contributed by atoms with E-state index in [4.69, 9.17) is 4.74 Å². The van der Waals surface area contributed by atoms with Gasteiger partial charge in [0, 0.05) is 23.8 Å². The van der Waals surface area contributed by atoms with Crippen molar-refractivity contribution in [2.45, 2.75) is 27.4 Å². The number of anilines is 2. The van der Waals surface area contributed by atoms with E-state index in [0.717, 1.165) is 27.7 Å². The number of amides is 1. The molecule has 2 aromatic heterocycles. The lowest BCUT2D eigenvalue weighted by Crippen LogP contribution is -2.23. The van der Waals surface area contributed by atoms with Crippen molar-refractivity contribution in [2.24, 2.45) is 0 Å². The van der Waals surface area contributed by atoms with Gasteiger partial charge in [-0.1, -0.05) is 42.0 Å². The molecule has 1 amide bonds. The lowest BCUT2D eigenvalue weighted by atomic mass is 10.1. The van der Waals surface area contributed by atoms with E-state index in [1.807, 2.05) is 68.4 Å². The van der Waals surface area contributed by atoms with Crippen LogP contribution in [0, 0.1) is 13.8 Å². The Morgan fingerprint density at radius 1 is 1.06 bits per heavy atom. The number of thiazole rings is 1. The van der Waals surface area contributed by atoms with E-state index >= 15 is 0 Å². The lowest BCUT2D eigenvalue weighted by Gasteiger charge is -2.20. The number of hydrogen-bond acceptors (Lipinski definition) is 6. The standard InChI is InChI=1S/C26H23N3O3S/c1-17-8-12-24(18(2)14-17)29(19(3)30)26-28-22(16-33-26)15-32-25(31)13-11-21-10-9-20-6-4-5-7-23(20)27-21/h4-14,16H,15H2,1-3H3/b13-11+. The number of nitrogens with zero attached hydrogens (tertiary/aromatic N) is 3. The van der Waals surface area contributed by atoms with Gasteiger partial charge in [-0.15, -0.1) is 11.3 Å². The van der Waals surface area contributed by atoms with Crippen molar-refractivity contribution in [3.8, 4) is 0 Å². The molecule has 6 nitrogen and oxygen atoms in total. The Bertz CT molecular complexity index is 1360. The van der Waals surface area contributed by atoms with Gasteiger partial charge in [-0.25, -0.2) is 14.8 Å². The molecule has 166 valence electrons. The fourth-order valence-electron chi connectivity index (χ4n) is 3.45. The number of carbonyl (C=O) groups excluding carboxylic acids is 2. The highest BCUT2D eigenvalue weighted by atomic mass is 32.1. The number of pyridine rings is 1. The lowest BCUT2D eigenvalue weighted by molar-refractivity contribution is -0.139. The predicted molar refractivity (Wildman–Crippen MR) is 131 cm³/mol. The van der Waals surface area contributed by atoms with Crippen LogP contribution in [0.4, 0.5) is 10.8 Å². The highest BCUT2D eigenvalue weighted by Crippen LogP contribution is 2.31. The summed E-state index contributed by atoms with van der Waals surface area (Å²) in [5.74, 6) is -0.622. The first-order chi connectivity index (χ1) is 15.9. The summed E-state index contributed by atoms with van der Waals surface area (Å²) >= 11 is 1.33. The first kappa shape index (κ1) is 22.4. The second-order valence-corrected chi connectivity index (χ2v) is 8.47. The third-order valence-corrected chi connectivity index (χ3v) is 5.89. The molecule has 0 atom stereocenters. The van der Waals surface area contributed by atoms with Crippen LogP contribution in [-0.2, 0) is 20.9 Å². The molecule has 0 aliphatic carbocycles. The monoisotopic (exact) mass is 457 g/mol. The molecule has 0 bridgehead atoms. The van der Waals surface area contributed by atoms with Crippen molar-refractivity contribution in [3.05, 3.63) is 88.6 Å². The fourth-order valence-corrected chi connectivity index (χ4v) is 4.31. The maximum Gasteiger partial charge on any atom is 0.331 e. The van der Waals surface area contributed by atoms with Crippen molar-refractivity contribution in [1.29, 1.82) is 0 Å². The molecule has 4 rings (SSSR count). The van der Waals surface area contributed by atoms with Gasteiger partial charge in [0.15, 0.2) is 5.13 Å². The summed E-state index contributed by atoms with van der Waals surface area (Å²) in [6.07, 6.45) is 2.97. The van der Waals surface area contributed by atoms with Crippen LogP contribution in [0.5, 0.6) is 0 Å². The first-order valence-electron chi connectivity index (χ1n) is 10.4. The van der Waals surface area contributed by atoms with Crippen LogP contribution in [0.1, 0.15) is 29.4 Å².